The van der Waals surface area contributed by atoms with Crippen LogP contribution >= 0.6 is 34.2 Å². The number of alkyl halides is 1. The summed E-state index contributed by atoms with van der Waals surface area (Å²) in [7, 11) is 1.54. The summed E-state index contributed by atoms with van der Waals surface area (Å²) in [4.78, 5) is 11.3. The minimum atomic E-state index is 0.0742. The molecule has 0 N–H and O–H groups in total. The van der Waals surface area contributed by atoms with Crippen LogP contribution < -0.4 is 4.74 Å². The fourth-order valence-electron chi connectivity index (χ4n) is 0.917. The number of rotatable bonds is 3. The first-order valence-electron chi connectivity index (χ1n) is 3.61. The van der Waals surface area contributed by atoms with Crippen molar-refractivity contribution in [1.29, 1.82) is 0 Å². The van der Waals surface area contributed by atoms with Crippen LogP contribution in [0.25, 0.3) is 0 Å². The van der Waals surface area contributed by atoms with Crippen LogP contribution in [-0.2, 0) is 0 Å². The maximum Gasteiger partial charge on any atom is 0.172 e. The standard InChI is InChI=1S/C9H8ClIO2/c1-13-9-3-2-6(4-7(9)10)8(12)5-11/h2-4H,5H2,1H3. The number of ether oxygens (including phenoxy) is 1. The van der Waals surface area contributed by atoms with Crippen molar-refractivity contribution in [1.82, 2.24) is 0 Å². The van der Waals surface area contributed by atoms with Gasteiger partial charge in [-0.1, -0.05) is 34.2 Å². The Bertz CT molecular complexity index is 325. The molecule has 13 heavy (non-hydrogen) atoms. The Morgan fingerprint density at radius 1 is 1.62 bits per heavy atom. The number of Topliss-reactive ketones (excluding diaryl/α,β-unsaturated/α-hetero) is 1. The molecule has 0 aromatic heterocycles. The molecule has 0 radical (unpaired) electrons. The number of halogens is 2. The van der Waals surface area contributed by atoms with Crippen LogP contribution in [0.5, 0.6) is 5.75 Å². The van der Waals surface area contributed by atoms with E-state index in [-0.39, 0.29) is 5.78 Å². The van der Waals surface area contributed by atoms with Gasteiger partial charge in [0.05, 0.1) is 16.6 Å². The summed E-state index contributed by atoms with van der Waals surface area (Å²) in [6.45, 7) is 0. The summed E-state index contributed by atoms with van der Waals surface area (Å²) < 4.78 is 5.43. The van der Waals surface area contributed by atoms with Gasteiger partial charge in [-0.05, 0) is 18.2 Å². The predicted octanol–water partition coefficient (Wildman–Crippen LogP) is 2.97. The molecule has 0 fully saturated rings. The minimum absolute atomic E-state index is 0.0742. The first-order valence-corrected chi connectivity index (χ1v) is 5.52. The molecule has 1 aromatic rings. The van der Waals surface area contributed by atoms with E-state index in [4.69, 9.17) is 16.3 Å². The van der Waals surface area contributed by atoms with Gasteiger partial charge >= 0.3 is 0 Å². The Labute approximate surface area is 95.4 Å². The Morgan fingerprint density at radius 2 is 2.31 bits per heavy atom. The SMILES string of the molecule is COc1ccc(C(=O)CI)cc1Cl. The second kappa shape index (κ2) is 4.81. The number of hydrogen-bond donors (Lipinski definition) is 0. The smallest absolute Gasteiger partial charge is 0.172 e. The van der Waals surface area contributed by atoms with Gasteiger partial charge in [0, 0.05) is 5.56 Å². The monoisotopic (exact) mass is 310 g/mol. The van der Waals surface area contributed by atoms with E-state index < -0.39 is 0 Å². The molecule has 0 bridgehead atoms. The van der Waals surface area contributed by atoms with Crippen LogP contribution in [0.15, 0.2) is 18.2 Å². The average molecular weight is 311 g/mol. The second-order valence-corrected chi connectivity index (χ2v) is 3.58. The van der Waals surface area contributed by atoms with Crippen molar-refractivity contribution in [3.8, 4) is 5.75 Å². The summed E-state index contributed by atoms with van der Waals surface area (Å²) in [5.41, 5.74) is 0.625. The molecule has 4 heteroatoms. The molecule has 0 aliphatic carbocycles. The van der Waals surface area contributed by atoms with Crippen LogP contribution in [0.1, 0.15) is 10.4 Å². The van der Waals surface area contributed by atoms with E-state index in [0.29, 0.717) is 20.8 Å². The van der Waals surface area contributed by atoms with Gasteiger partial charge in [0.25, 0.3) is 0 Å². The van der Waals surface area contributed by atoms with E-state index in [1.807, 2.05) is 22.6 Å². The first-order chi connectivity index (χ1) is 6.19. The Morgan fingerprint density at radius 3 is 2.77 bits per heavy atom. The quantitative estimate of drug-likeness (QED) is 0.487. The molecule has 2 nitrogen and oxygen atoms in total. The lowest BCUT2D eigenvalue weighted by Crippen LogP contribution is -1.99. The molecule has 0 aliphatic rings. The minimum Gasteiger partial charge on any atom is -0.495 e. The lowest BCUT2D eigenvalue weighted by atomic mass is 10.1. The van der Waals surface area contributed by atoms with E-state index in [2.05, 4.69) is 0 Å². The third-order valence-corrected chi connectivity index (χ3v) is 2.58. The lowest BCUT2D eigenvalue weighted by molar-refractivity contribution is 0.102. The van der Waals surface area contributed by atoms with Crippen LogP contribution in [0.4, 0.5) is 0 Å². The van der Waals surface area contributed by atoms with Gasteiger partial charge in [0.15, 0.2) is 5.78 Å². The number of benzene rings is 1. The van der Waals surface area contributed by atoms with Crippen LogP contribution in [0, 0.1) is 0 Å². The number of carbonyl (C=O) groups is 1. The van der Waals surface area contributed by atoms with Gasteiger partial charge < -0.3 is 4.74 Å². The largest absolute Gasteiger partial charge is 0.495 e. The maximum absolute atomic E-state index is 11.3. The number of hydrogen-bond acceptors (Lipinski definition) is 2. The third kappa shape index (κ3) is 2.57. The second-order valence-electron chi connectivity index (χ2n) is 2.41. The topological polar surface area (TPSA) is 26.3 Å². The Balaban J connectivity index is 3.02. The van der Waals surface area contributed by atoms with E-state index in [1.165, 1.54) is 0 Å². The molecule has 0 unspecified atom stereocenters. The molecule has 1 rings (SSSR count). The molecule has 0 spiro atoms. The van der Waals surface area contributed by atoms with Gasteiger partial charge in [-0.3, -0.25) is 4.79 Å². The van der Waals surface area contributed by atoms with Crippen LogP contribution in [0.3, 0.4) is 0 Å². The van der Waals surface area contributed by atoms with Crippen molar-refractivity contribution in [2.75, 3.05) is 11.5 Å². The van der Waals surface area contributed by atoms with Crippen molar-refractivity contribution < 1.29 is 9.53 Å². The van der Waals surface area contributed by atoms with E-state index in [0.717, 1.165) is 0 Å². The number of methoxy groups -OCH3 is 1. The maximum atomic E-state index is 11.3. The summed E-state index contributed by atoms with van der Waals surface area (Å²) in [5.74, 6) is 0.664. The summed E-state index contributed by atoms with van der Waals surface area (Å²) in [6.07, 6.45) is 0. The molecular weight excluding hydrogens is 302 g/mol. The van der Waals surface area contributed by atoms with Crippen molar-refractivity contribution in [3.63, 3.8) is 0 Å². The molecule has 0 amide bonds. The van der Waals surface area contributed by atoms with E-state index in [9.17, 15) is 4.79 Å². The highest BCUT2D eigenvalue weighted by Gasteiger charge is 2.06. The Hall–Kier alpha value is -0.290. The van der Waals surface area contributed by atoms with Crippen LogP contribution in [0.2, 0.25) is 5.02 Å². The molecule has 0 saturated carbocycles. The van der Waals surface area contributed by atoms with Crippen molar-refractivity contribution in [3.05, 3.63) is 28.8 Å². The highest BCUT2D eigenvalue weighted by Crippen LogP contribution is 2.25. The zero-order valence-corrected chi connectivity index (χ0v) is 9.93. The van der Waals surface area contributed by atoms with E-state index >= 15 is 0 Å². The van der Waals surface area contributed by atoms with Gasteiger partial charge in [-0.25, -0.2) is 0 Å². The van der Waals surface area contributed by atoms with Gasteiger partial charge in [-0.2, -0.15) is 0 Å². The molecule has 0 aliphatic heterocycles. The lowest BCUT2D eigenvalue weighted by Gasteiger charge is -2.03. The molecule has 0 saturated heterocycles. The zero-order valence-electron chi connectivity index (χ0n) is 7.01. The molecule has 0 heterocycles. The first kappa shape index (κ1) is 10.8. The predicted molar refractivity (Wildman–Crippen MR) is 61.2 cm³/mol. The van der Waals surface area contributed by atoms with Crippen molar-refractivity contribution in [2.45, 2.75) is 0 Å². The van der Waals surface area contributed by atoms with Gasteiger partial charge in [-0.15, -0.1) is 0 Å². The number of ketones is 1. The van der Waals surface area contributed by atoms with E-state index in [1.54, 1.807) is 25.3 Å². The molecular formula is C9H8ClIO2. The van der Waals surface area contributed by atoms with Gasteiger partial charge in [0.2, 0.25) is 0 Å². The molecule has 1 aromatic carbocycles. The number of carbonyl (C=O) groups excluding carboxylic acids is 1. The fourth-order valence-corrected chi connectivity index (χ4v) is 1.62. The summed E-state index contributed by atoms with van der Waals surface area (Å²) >= 11 is 7.87. The summed E-state index contributed by atoms with van der Waals surface area (Å²) in [6, 6.07) is 5.04. The molecule has 70 valence electrons. The fraction of sp³-hybridized carbons (Fsp3) is 0.222. The van der Waals surface area contributed by atoms with Crippen molar-refractivity contribution >= 4 is 40.0 Å². The highest BCUT2D eigenvalue weighted by atomic mass is 127. The zero-order chi connectivity index (χ0) is 9.84. The highest BCUT2D eigenvalue weighted by molar-refractivity contribution is 14.1. The summed E-state index contributed by atoms with van der Waals surface area (Å²) in [5, 5.41) is 0.471. The van der Waals surface area contributed by atoms with Crippen LogP contribution in [-0.4, -0.2) is 17.3 Å². The third-order valence-electron chi connectivity index (χ3n) is 1.60. The Kier molecular flexibility index (Phi) is 3.99. The average Bonchev–Trinajstić information content (AvgIpc) is 2.16. The van der Waals surface area contributed by atoms with Gasteiger partial charge in [0.1, 0.15) is 5.75 Å². The molecule has 0 atom stereocenters. The normalized spacial score (nSPS) is 9.77. The van der Waals surface area contributed by atoms with Crippen molar-refractivity contribution in [2.24, 2.45) is 0 Å².